The lowest BCUT2D eigenvalue weighted by atomic mass is 10.1. The van der Waals surface area contributed by atoms with Gasteiger partial charge in [0.2, 0.25) is 11.8 Å². The summed E-state index contributed by atoms with van der Waals surface area (Å²) in [5, 5.41) is 3.39. The molecule has 0 aliphatic carbocycles. The number of benzene rings is 2. The fraction of sp³-hybridized carbons (Fsp3) is 0.273. The van der Waals surface area contributed by atoms with Crippen molar-refractivity contribution in [1.82, 2.24) is 4.98 Å². The number of carbonyl (C=O) groups is 3. The maximum atomic E-state index is 12.6. The zero-order chi connectivity index (χ0) is 20.4. The summed E-state index contributed by atoms with van der Waals surface area (Å²) < 4.78 is 1.05. The van der Waals surface area contributed by atoms with Crippen molar-refractivity contribution in [3.05, 3.63) is 53.6 Å². The second kappa shape index (κ2) is 8.13. The maximum Gasteiger partial charge on any atom is 0.257 e. The topological polar surface area (TPSA) is 79.4 Å². The van der Waals surface area contributed by atoms with Gasteiger partial charge in [-0.2, -0.15) is 0 Å². The number of thiazole rings is 1. The van der Waals surface area contributed by atoms with Crippen LogP contribution in [0.15, 0.2) is 42.5 Å². The average molecular weight is 407 g/mol. The number of fused-ring (bicyclic) bond motifs is 1. The molecule has 148 valence electrons. The number of unbranched alkanes of at least 4 members (excludes halogenated alkanes) is 1. The summed E-state index contributed by atoms with van der Waals surface area (Å²) >= 11 is 1.45. The van der Waals surface area contributed by atoms with Crippen LogP contribution in [0.4, 0.5) is 10.8 Å². The molecule has 0 unspecified atom stereocenters. The van der Waals surface area contributed by atoms with E-state index < -0.39 is 0 Å². The van der Waals surface area contributed by atoms with Gasteiger partial charge in [-0.1, -0.05) is 30.7 Å². The van der Waals surface area contributed by atoms with Crippen molar-refractivity contribution in [1.29, 1.82) is 0 Å². The molecule has 1 saturated heterocycles. The second-order valence-corrected chi connectivity index (χ2v) is 8.08. The van der Waals surface area contributed by atoms with E-state index in [0.717, 1.165) is 29.5 Å². The minimum Gasteiger partial charge on any atom is -0.298 e. The molecule has 2 aromatic carbocycles. The number of anilines is 2. The van der Waals surface area contributed by atoms with Gasteiger partial charge in [-0.15, -0.1) is 0 Å². The number of hydrogen-bond donors (Lipinski definition) is 1. The molecule has 1 aliphatic heterocycles. The Morgan fingerprint density at radius 1 is 1.10 bits per heavy atom. The van der Waals surface area contributed by atoms with Gasteiger partial charge in [-0.05, 0) is 54.8 Å². The monoisotopic (exact) mass is 407 g/mol. The van der Waals surface area contributed by atoms with Crippen LogP contribution in [0.25, 0.3) is 10.2 Å². The summed E-state index contributed by atoms with van der Waals surface area (Å²) in [5.41, 5.74) is 3.08. The molecule has 0 atom stereocenters. The Kier molecular flexibility index (Phi) is 5.40. The van der Waals surface area contributed by atoms with Crippen molar-refractivity contribution in [2.24, 2.45) is 0 Å². The summed E-state index contributed by atoms with van der Waals surface area (Å²) in [7, 11) is 0. The number of amides is 3. The molecule has 7 heteroatoms. The third-order valence-electron chi connectivity index (χ3n) is 4.93. The van der Waals surface area contributed by atoms with E-state index in [2.05, 4.69) is 29.4 Å². The second-order valence-electron chi connectivity index (χ2n) is 7.05. The Balaban J connectivity index is 1.47. The molecule has 2 heterocycles. The fourth-order valence-corrected chi connectivity index (χ4v) is 4.28. The van der Waals surface area contributed by atoms with E-state index in [1.807, 2.05) is 6.07 Å². The maximum absolute atomic E-state index is 12.6. The lowest BCUT2D eigenvalue weighted by Gasteiger charge is -2.13. The molecule has 3 amide bonds. The highest BCUT2D eigenvalue weighted by Crippen LogP contribution is 2.28. The van der Waals surface area contributed by atoms with Gasteiger partial charge < -0.3 is 0 Å². The molecule has 4 rings (SSSR count). The molecule has 1 aromatic heterocycles. The largest absolute Gasteiger partial charge is 0.298 e. The van der Waals surface area contributed by atoms with Gasteiger partial charge in [0, 0.05) is 18.4 Å². The van der Waals surface area contributed by atoms with E-state index in [4.69, 9.17) is 0 Å². The van der Waals surface area contributed by atoms with Gasteiger partial charge in [0.15, 0.2) is 5.13 Å². The predicted octanol–water partition coefficient (Wildman–Crippen LogP) is 4.54. The van der Waals surface area contributed by atoms with Gasteiger partial charge in [0.25, 0.3) is 5.91 Å². The zero-order valence-corrected chi connectivity index (χ0v) is 16.9. The van der Waals surface area contributed by atoms with Gasteiger partial charge in [0.1, 0.15) is 0 Å². The summed E-state index contributed by atoms with van der Waals surface area (Å²) in [6.45, 7) is 2.17. The molecule has 1 N–H and O–H groups in total. The summed E-state index contributed by atoms with van der Waals surface area (Å²) in [4.78, 5) is 41.9. The molecular weight excluding hydrogens is 386 g/mol. The predicted molar refractivity (Wildman–Crippen MR) is 114 cm³/mol. The third kappa shape index (κ3) is 4.05. The first-order valence-electron chi connectivity index (χ1n) is 9.72. The van der Waals surface area contributed by atoms with Crippen LogP contribution < -0.4 is 10.2 Å². The molecule has 29 heavy (non-hydrogen) atoms. The molecule has 0 saturated carbocycles. The highest BCUT2D eigenvalue weighted by Gasteiger charge is 2.30. The molecule has 1 aliphatic rings. The highest BCUT2D eigenvalue weighted by atomic mass is 32.1. The first-order chi connectivity index (χ1) is 14.0. The Labute approximate surface area is 172 Å². The van der Waals surface area contributed by atoms with Gasteiger partial charge in [-0.25, -0.2) is 4.98 Å². The zero-order valence-electron chi connectivity index (χ0n) is 16.1. The van der Waals surface area contributed by atoms with Crippen LogP contribution >= 0.6 is 11.3 Å². The molecular formula is C22H21N3O3S. The van der Waals surface area contributed by atoms with Gasteiger partial charge >= 0.3 is 0 Å². The highest BCUT2D eigenvalue weighted by molar-refractivity contribution is 7.22. The van der Waals surface area contributed by atoms with E-state index >= 15 is 0 Å². The number of rotatable bonds is 6. The van der Waals surface area contributed by atoms with Crippen LogP contribution in [0.5, 0.6) is 0 Å². The van der Waals surface area contributed by atoms with Crippen molar-refractivity contribution in [3.8, 4) is 0 Å². The minimum absolute atomic E-state index is 0.208. The average Bonchev–Trinajstić information content (AvgIpc) is 3.27. The van der Waals surface area contributed by atoms with Crippen LogP contribution in [-0.4, -0.2) is 22.7 Å². The Hall–Kier alpha value is -3.06. The van der Waals surface area contributed by atoms with E-state index in [9.17, 15) is 14.4 Å². The number of carbonyl (C=O) groups excluding carboxylic acids is 3. The van der Waals surface area contributed by atoms with Crippen LogP contribution in [0.2, 0.25) is 0 Å². The molecule has 0 spiro atoms. The number of aromatic nitrogens is 1. The number of aryl methyl sites for hydroxylation is 1. The van der Waals surface area contributed by atoms with Crippen molar-refractivity contribution >= 4 is 50.1 Å². The normalized spacial score (nSPS) is 14.0. The van der Waals surface area contributed by atoms with Crippen molar-refractivity contribution < 1.29 is 14.4 Å². The van der Waals surface area contributed by atoms with E-state index in [1.165, 1.54) is 21.8 Å². The van der Waals surface area contributed by atoms with Crippen LogP contribution in [0.3, 0.4) is 0 Å². The first-order valence-corrected chi connectivity index (χ1v) is 10.5. The Morgan fingerprint density at radius 2 is 1.83 bits per heavy atom. The summed E-state index contributed by atoms with van der Waals surface area (Å²) in [5.74, 6) is -0.694. The summed E-state index contributed by atoms with van der Waals surface area (Å²) in [6, 6.07) is 12.7. The number of nitrogens with zero attached hydrogens (tertiary/aromatic N) is 2. The SMILES string of the molecule is CCCCc1ccc2nc(NC(=O)c3ccc(N4C(=O)CCC4=O)cc3)sc2c1. The molecule has 0 radical (unpaired) electrons. The Bertz CT molecular complexity index is 1070. The van der Waals surface area contributed by atoms with Crippen LogP contribution in [-0.2, 0) is 16.0 Å². The van der Waals surface area contributed by atoms with Crippen LogP contribution in [0, 0.1) is 0 Å². The molecule has 3 aromatic rings. The van der Waals surface area contributed by atoms with Crippen molar-refractivity contribution in [2.45, 2.75) is 39.0 Å². The quantitative estimate of drug-likeness (QED) is 0.608. The van der Waals surface area contributed by atoms with Gasteiger partial charge in [-0.3, -0.25) is 24.6 Å². The fourth-order valence-electron chi connectivity index (χ4n) is 3.35. The minimum atomic E-state index is -0.277. The van der Waals surface area contributed by atoms with E-state index in [1.54, 1.807) is 24.3 Å². The lowest BCUT2D eigenvalue weighted by molar-refractivity contribution is -0.121. The molecule has 0 bridgehead atoms. The Morgan fingerprint density at radius 3 is 2.52 bits per heavy atom. The lowest BCUT2D eigenvalue weighted by Crippen LogP contribution is -2.28. The smallest absolute Gasteiger partial charge is 0.257 e. The standard InChI is InChI=1S/C22H21N3O3S/c1-2-3-4-14-5-10-17-18(13-14)29-22(23-17)24-21(28)15-6-8-16(9-7-15)25-19(26)11-12-20(25)27/h5-10,13H,2-4,11-12H2,1H3,(H,23,24,28). The summed E-state index contributed by atoms with van der Waals surface area (Å²) in [6.07, 6.45) is 3.82. The van der Waals surface area contributed by atoms with Gasteiger partial charge in [0.05, 0.1) is 15.9 Å². The number of imide groups is 1. The number of nitrogens with one attached hydrogen (secondary N) is 1. The van der Waals surface area contributed by atoms with E-state index in [-0.39, 0.29) is 30.6 Å². The van der Waals surface area contributed by atoms with Crippen molar-refractivity contribution in [3.63, 3.8) is 0 Å². The third-order valence-corrected chi connectivity index (χ3v) is 5.87. The van der Waals surface area contributed by atoms with Crippen LogP contribution in [0.1, 0.15) is 48.5 Å². The molecule has 1 fully saturated rings. The molecule has 6 nitrogen and oxygen atoms in total. The van der Waals surface area contributed by atoms with Crippen molar-refractivity contribution in [2.75, 3.05) is 10.2 Å². The first kappa shape index (κ1) is 19.3. The van der Waals surface area contributed by atoms with E-state index in [0.29, 0.717) is 16.4 Å². The number of hydrogen-bond acceptors (Lipinski definition) is 5.